The fourth-order valence-corrected chi connectivity index (χ4v) is 4.39. The number of hydrogen-bond donors (Lipinski definition) is 2. The number of piperidine rings is 1. The number of carbonyl (C=O) groups is 1. The number of nitrogens with one attached hydrogen (secondary N) is 2. The number of aromatic nitrogens is 3. The van der Waals surface area contributed by atoms with Gasteiger partial charge in [0.15, 0.2) is 5.65 Å². The highest BCUT2D eigenvalue weighted by atomic mass is 16.5. The number of nitrogens with zero attached hydrogens (tertiary/aromatic N) is 4. The molecule has 8 nitrogen and oxygen atoms in total. The minimum atomic E-state index is -0.0523. The van der Waals surface area contributed by atoms with E-state index in [4.69, 9.17) is 4.74 Å². The third-order valence-corrected chi connectivity index (χ3v) is 6.31. The number of pyridine rings is 1. The minimum Gasteiger partial charge on any atom is -0.497 e. The molecule has 2 aromatic heterocycles. The number of carbonyl (C=O) groups excluding carboxylic acids is 1. The summed E-state index contributed by atoms with van der Waals surface area (Å²) in [6.45, 7) is 3.84. The van der Waals surface area contributed by atoms with Crippen molar-refractivity contribution in [1.29, 1.82) is 0 Å². The molecule has 4 aromatic rings. The van der Waals surface area contributed by atoms with Crippen molar-refractivity contribution in [3.8, 4) is 17.0 Å². The van der Waals surface area contributed by atoms with Crippen molar-refractivity contribution in [2.45, 2.75) is 19.3 Å². The van der Waals surface area contributed by atoms with Gasteiger partial charge in [0.2, 0.25) is 5.95 Å². The van der Waals surface area contributed by atoms with Crippen molar-refractivity contribution < 1.29 is 9.53 Å². The third-order valence-electron chi connectivity index (χ3n) is 6.31. The van der Waals surface area contributed by atoms with Gasteiger partial charge in [0.05, 0.1) is 12.8 Å². The summed E-state index contributed by atoms with van der Waals surface area (Å²) < 4.78 is 7.07. The van der Waals surface area contributed by atoms with Crippen molar-refractivity contribution in [2.75, 3.05) is 38.6 Å². The molecule has 5 rings (SSSR count). The second kappa shape index (κ2) is 10.6. The van der Waals surface area contributed by atoms with Crippen LogP contribution in [0.25, 0.3) is 16.9 Å². The van der Waals surface area contributed by atoms with Crippen LogP contribution >= 0.6 is 0 Å². The summed E-state index contributed by atoms with van der Waals surface area (Å²) in [5.41, 5.74) is 4.15. The highest BCUT2D eigenvalue weighted by Crippen LogP contribution is 2.24. The van der Waals surface area contributed by atoms with Gasteiger partial charge in [0.25, 0.3) is 5.91 Å². The molecule has 0 saturated carbocycles. The summed E-state index contributed by atoms with van der Waals surface area (Å²) in [5, 5.41) is 10.9. The lowest BCUT2D eigenvalue weighted by molar-refractivity contribution is 0.0946. The van der Waals surface area contributed by atoms with Gasteiger partial charge in [0.1, 0.15) is 5.75 Å². The van der Waals surface area contributed by atoms with Crippen molar-refractivity contribution in [2.24, 2.45) is 0 Å². The number of likely N-dealkylation sites (tertiary alicyclic amines) is 1. The van der Waals surface area contributed by atoms with E-state index in [0.29, 0.717) is 18.1 Å². The van der Waals surface area contributed by atoms with E-state index in [1.807, 2.05) is 71.2 Å². The molecule has 2 aromatic carbocycles. The Labute approximate surface area is 204 Å². The lowest BCUT2D eigenvalue weighted by atomic mass is 10.1. The Morgan fingerprint density at radius 1 is 0.971 bits per heavy atom. The molecule has 35 heavy (non-hydrogen) atoms. The van der Waals surface area contributed by atoms with Gasteiger partial charge in [-0.25, -0.2) is 4.52 Å². The Kier molecular flexibility index (Phi) is 6.90. The Balaban J connectivity index is 1.23. The molecule has 1 amide bonds. The first-order chi connectivity index (χ1) is 17.2. The fraction of sp³-hybridized carbons (Fsp3) is 0.296. The zero-order chi connectivity index (χ0) is 24.0. The van der Waals surface area contributed by atoms with Crippen LogP contribution in [0.5, 0.6) is 5.75 Å². The van der Waals surface area contributed by atoms with Crippen LogP contribution in [-0.2, 0) is 0 Å². The van der Waals surface area contributed by atoms with Crippen molar-refractivity contribution >= 4 is 23.2 Å². The molecule has 0 unspecified atom stereocenters. The monoisotopic (exact) mass is 470 g/mol. The molecule has 0 radical (unpaired) electrons. The molecule has 1 aliphatic heterocycles. The number of methoxy groups -OCH3 is 1. The van der Waals surface area contributed by atoms with Crippen molar-refractivity contribution in [3.05, 3.63) is 72.3 Å². The van der Waals surface area contributed by atoms with Gasteiger partial charge in [0, 0.05) is 29.9 Å². The molecule has 1 saturated heterocycles. The van der Waals surface area contributed by atoms with Crippen LogP contribution in [0, 0.1) is 0 Å². The number of anilines is 2. The molecule has 1 aliphatic rings. The number of benzene rings is 2. The second-order valence-corrected chi connectivity index (χ2v) is 8.71. The number of amides is 1. The maximum absolute atomic E-state index is 12.5. The lowest BCUT2D eigenvalue weighted by Crippen LogP contribution is -2.37. The van der Waals surface area contributed by atoms with Gasteiger partial charge in [-0.2, -0.15) is 4.98 Å². The molecule has 0 atom stereocenters. The van der Waals surface area contributed by atoms with E-state index in [1.165, 1.54) is 19.3 Å². The number of hydrogen-bond acceptors (Lipinski definition) is 6. The summed E-state index contributed by atoms with van der Waals surface area (Å²) in [4.78, 5) is 19.5. The molecule has 1 fully saturated rings. The lowest BCUT2D eigenvalue weighted by Gasteiger charge is -2.26. The molecule has 0 spiro atoms. The summed E-state index contributed by atoms with van der Waals surface area (Å²) in [6, 6.07) is 21.1. The van der Waals surface area contributed by atoms with E-state index in [2.05, 4.69) is 25.6 Å². The van der Waals surface area contributed by atoms with Gasteiger partial charge >= 0.3 is 0 Å². The first kappa shape index (κ1) is 22.9. The molecule has 0 bridgehead atoms. The van der Waals surface area contributed by atoms with Crippen LogP contribution in [0.3, 0.4) is 0 Å². The molecule has 8 heteroatoms. The molecule has 3 heterocycles. The van der Waals surface area contributed by atoms with Gasteiger partial charge in [-0.15, -0.1) is 5.10 Å². The maximum atomic E-state index is 12.5. The van der Waals surface area contributed by atoms with E-state index in [9.17, 15) is 4.79 Å². The Bertz CT molecular complexity index is 1280. The fourth-order valence-electron chi connectivity index (χ4n) is 4.39. The van der Waals surface area contributed by atoms with Crippen LogP contribution in [0.4, 0.5) is 11.6 Å². The van der Waals surface area contributed by atoms with Gasteiger partial charge < -0.3 is 20.3 Å². The predicted octanol–water partition coefficient (Wildman–Crippen LogP) is 4.36. The summed E-state index contributed by atoms with van der Waals surface area (Å²) in [5.74, 6) is 1.24. The molecule has 0 aliphatic carbocycles. The molecule has 180 valence electrons. The van der Waals surface area contributed by atoms with Crippen LogP contribution in [0.1, 0.15) is 29.6 Å². The standard InChI is InChI=1S/C27H30N6O2/c1-35-23-14-10-20(11-15-23)24-6-5-7-25-30-27(31-33(24)25)29-22-12-8-21(9-13-22)26(34)28-16-19-32-17-3-2-4-18-32/h5-15H,2-4,16-19H2,1H3,(H,28,34)(H,29,31). The van der Waals surface area contributed by atoms with Gasteiger partial charge in [-0.05, 0) is 86.6 Å². The summed E-state index contributed by atoms with van der Waals surface area (Å²) >= 11 is 0. The Morgan fingerprint density at radius 2 is 1.74 bits per heavy atom. The minimum absolute atomic E-state index is 0.0523. The smallest absolute Gasteiger partial charge is 0.251 e. The quantitative estimate of drug-likeness (QED) is 0.398. The van der Waals surface area contributed by atoms with Crippen LogP contribution in [0.2, 0.25) is 0 Å². The van der Waals surface area contributed by atoms with Crippen LogP contribution in [0.15, 0.2) is 66.7 Å². The zero-order valence-corrected chi connectivity index (χ0v) is 19.9. The third kappa shape index (κ3) is 5.44. The number of ether oxygens (including phenoxy) is 1. The van der Waals surface area contributed by atoms with E-state index in [-0.39, 0.29) is 5.91 Å². The first-order valence-corrected chi connectivity index (χ1v) is 12.1. The highest BCUT2D eigenvalue weighted by molar-refractivity contribution is 5.94. The summed E-state index contributed by atoms with van der Waals surface area (Å²) in [7, 11) is 1.65. The Morgan fingerprint density at radius 3 is 2.49 bits per heavy atom. The van der Waals surface area contributed by atoms with E-state index >= 15 is 0 Å². The van der Waals surface area contributed by atoms with E-state index in [1.54, 1.807) is 7.11 Å². The predicted molar refractivity (Wildman–Crippen MR) is 137 cm³/mol. The highest BCUT2D eigenvalue weighted by Gasteiger charge is 2.12. The van der Waals surface area contributed by atoms with Crippen LogP contribution in [-0.4, -0.2) is 58.7 Å². The summed E-state index contributed by atoms with van der Waals surface area (Å²) in [6.07, 6.45) is 3.83. The number of rotatable bonds is 8. The van der Waals surface area contributed by atoms with Gasteiger partial charge in [-0.3, -0.25) is 4.79 Å². The maximum Gasteiger partial charge on any atom is 0.251 e. The van der Waals surface area contributed by atoms with E-state index < -0.39 is 0 Å². The Hall–Kier alpha value is -3.91. The zero-order valence-electron chi connectivity index (χ0n) is 19.9. The molecule has 2 N–H and O–H groups in total. The first-order valence-electron chi connectivity index (χ1n) is 12.1. The molecular formula is C27H30N6O2. The largest absolute Gasteiger partial charge is 0.497 e. The van der Waals surface area contributed by atoms with Crippen molar-refractivity contribution in [3.63, 3.8) is 0 Å². The van der Waals surface area contributed by atoms with E-state index in [0.717, 1.165) is 48.0 Å². The SMILES string of the molecule is COc1ccc(-c2cccc3nc(Nc4ccc(C(=O)NCCN5CCCCC5)cc4)nn23)cc1. The van der Waals surface area contributed by atoms with Crippen molar-refractivity contribution in [1.82, 2.24) is 24.8 Å². The average molecular weight is 471 g/mol. The second-order valence-electron chi connectivity index (χ2n) is 8.71. The normalized spacial score (nSPS) is 14.1. The van der Waals surface area contributed by atoms with Crippen LogP contribution < -0.4 is 15.4 Å². The topological polar surface area (TPSA) is 83.8 Å². The molecular weight excluding hydrogens is 440 g/mol. The van der Waals surface area contributed by atoms with Gasteiger partial charge in [-0.1, -0.05) is 12.5 Å². The number of fused-ring (bicyclic) bond motifs is 1. The average Bonchev–Trinajstić information content (AvgIpc) is 3.32.